The maximum Gasteiger partial charge on any atom is 0.126 e. The zero-order valence-corrected chi connectivity index (χ0v) is 9.13. The molecule has 0 amide bonds. The largest absolute Gasteiger partial charge is 0.207 e. The lowest BCUT2D eigenvalue weighted by Crippen LogP contribution is -1.97. The molecule has 0 fully saturated rings. The summed E-state index contributed by atoms with van der Waals surface area (Å²) in [6.07, 6.45) is 5.76. The van der Waals surface area contributed by atoms with Gasteiger partial charge in [0.1, 0.15) is 11.6 Å². The molecule has 1 atom stereocenters. The first-order valence-electron chi connectivity index (χ1n) is 5.25. The Morgan fingerprint density at radius 1 is 1.27 bits per heavy atom. The topological polar surface area (TPSA) is 0 Å². The smallest absolute Gasteiger partial charge is 0.126 e. The van der Waals surface area contributed by atoms with E-state index >= 15 is 0 Å². The Labute approximate surface area is 89.6 Å². The van der Waals surface area contributed by atoms with Gasteiger partial charge < -0.3 is 0 Å². The fraction of sp³-hybridized carbons (Fsp3) is 0.385. The van der Waals surface area contributed by atoms with Crippen molar-refractivity contribution in [3.05, 3.63) is 47.5 Å². The third-order valence-electron chi connectivity index (χ3n) is 2.38. The Hall–Kier alpha value is -1.18. The molecule has 2 heteroatoms. The van der Waals surface area contributed by atoms with Gasteiger partial charge in [-0.15, -0.1) is 0 Å². The Kier molecular flexibility index (Phi) is 4.47. The van der Waals surface area contributed by atoms with Crippen LogP contribution < -0.4 is 0 Å². The number of allylic oxidation sites excluding steroid dienone is 2. The van der Waals surface area contributed by atoms with Crippen LogP contribution in [0.4, 0.5) is 8.78 Å². The highest BCUT2D eigenvalue weighted by Crippen LogP contribution is 2.23. The van der Waals surface area contributed by atoms with Gasteiger partial charge in [0.15, 0.2) is 0 Å². The summed E-state index contributed by atoms with van der Waals surface area (Å²) in [5.41, 5.74) is 0.454. The second-order valence-electron chi connectivity index (χ2n) is 3.68. The molecule has 0 saturated heterocycles. The lowest BCUT2D eigenvalue weighted by Gasteiger charge is -2.10. The normalized spacial score (nSPS) is 13.3. The van der Waals surface area contributed by atoms with E-state index in [1.54, 1.807) is 0 Å². The first kappa shape index (κ1) is 11.9. The minimum absolute atomic E-state index is 0.0171. The van der Waals surface area contributed by atoms with Crippen LogP contribution in [0.3, 0.4) is 0 Å². The first-order valence-corrected chi connectivity index (χ1v) is 5.25. The third-order valence-corrected chi connectivity index (χ3v) is 2.38. The average Bonchev–Trinajstić information content (AvgIpc) is 2.22. The van der Waals surface area contributed by atoms with E-state index < -0.39 is 0 Å². The molecule has 0 heterocycles. The van der Waals surface area contributed by atoms with Crippen LogP contribution >= 0.6 is 0 Å². The molecule has 82 valence electrons. The maximum absolute atomic E-state index is 13.3. The highest BCUT2D eigenvalue weighted by Gasteiger charge is 2.10. The van der Waals surface area contributed by atoms with Gasteiger partial charge in [0.2, 0.25) is 0 Å². The Morgan fingerprint density at radius 2 is 2.00 bits per heavy atom. The molecule has 0 aliphatic carbocycles. The van der Waals surface area contributed by atoms with Gasteiger partial charge in [0.25, 0.3) is 0 Å². The molecular weight excluding hydrogens is 194 g/mol. The van der Waals surface area contributed by atoms with E-state index in [-0.39, 0.29) is 17.6 Å². The van der Waals surface area contributed by atoms with E-state index in [4.69, 9.17) is 0 Å². The van der Waals surface area contributed by atoms with Crippen molar-refractivity contribution < 1.29 is 8.78 Å². The predicted molar refractivity (Wildman–Crippen MR) is 58.8 cm³/mol. The summed E-state index contributed by atoms with van der Waals surface area (Å²) in [5.74, 6) is -0.685. The van der Waals surface area contributed by atoms with Crippen molar-refractivity contribution >= 4 is 0 Å². The molecular formula is C13H16F2. The fourth-order valence-corrected chi connectivity index (χ4v) is 1.49. The van der Waals surface area contributed by atoms with E-state index in [0.717, 1.165) is 18.9 Å². The summed E-state index contributed by atoms with van der Waals surface area (Å²) >= 11 is 0. The zero-order valence-electron chi connectivity index (χ0n) is 9.13. The van der Waals surface area contributed by atoms with Crippen LogP contribution in [-0.2, 0) is 0 Å². The molecule has 1 aromatic rings. The molecule has 0 bridgehead atoms. The van der Waals surface area contributed by atoms with E-state index in [1.807, 2.05) is 26.0 Å². The quantitative estimate of drug-likeness (QED) is 0.645. The van der Waals surface area contributed by atoms with Gasteiger partial charge >= 0.3 is 0 Å². The molecule has 0 saturated carbocycles. The van der Waals surface area contributed by atoms with Crippen molar-refractivity contribution in [2.45, 2.75) is 32.6 Å². The Balaban J connectivity index is 2.76. The predicted octanol–water partition coefficient (Wildman–Crippen LogP) is 4.42. The highest BCUT2D eigenvalue weighted by molar-refractivity contribution is 5.22. The molecule has 0 aliphatic heterocycles. The molecule has 1 aromatic carbocycles. The van der Waals surface area contributed by atoms with E-state index in [2.05, 4.69) is 0 Å². The Bertz CT molecular complexity index is 342. The highest BCUT2D eigenvalue weighted by atomic mass is 19.1. The number of halogens is 2. The SMILES string of the molecule is CC/C=C\CC(C)c1cc(F)ccc1F. The van der Waals surface area contributed by atoms with Gasteiger partial charge in [-0.25, -0.2) is 8.78 Å². The van der Waals surface area contributed by atoms with Crippen LogP contribution in [0.1, 0.15) is 38.2 Å². The fourth-order valence-electron chi connectivity index (χ4n) is 1.49. The van der Waals surface area contributed by atoms with Crippen LogP contribution in [0.15, 0.2) is 30.4 Å². The standard InChI is InChI=1S/C13H16F2/c1-3-4-5-6-10(2)12-9-11(14)7-8-13(12)15/h4-5,7-10H,3,6H2,1-2H3/b5-4-. The van der Waals surface area contributed by atoms with E-state index in [1.165, 1.54) is 12.1 Å². The summed E-state index contributed by atoms with van der Waals surface area (Å²) in [4.78, 5) is 0. The molecule has 0 N–H and O–H groups in total. The minimum Gasteiger partial charge on any atom is -0.207 e. The molecule has 1 rings (SSSR count). The van der Waals surface area contributed by atoms with Crippen molar-refractivity contribution in [1.29, 1.82) is 0 Å². The average molecular weight is 210 g/mol. The summed E-state index contributed by atoms with van der Waals surface area (Å²) in [6, 6.07) is 3.61. The molecule has 0 spiro atoms. The zero-order chi connectivity index (χ0) is 11.3. The van der Waals surface area contributed by atoms with E-state index in [0.29, 0.717) is 5.56 Å². The van der Waals surface area contributed by atoms with Gasteiger partial charge in [0.05, 0.1) is 0 Å². The second kappa shape index (κ2) is 5.64. The van der Waals surface area contributed by atoms with Crippen molar-refractivity contribution in [3.8, 4) is 0 Å². The van der Waals surface area contributed by atoms with Gasteiger partial charge in [-0.2, -0.15) is 0 Å². The van der Waals surface area contributed by atoms with Crippen LogP contribution in [0.2, 0.25) is 0 Å². The van der Waals surface area contributed by atoms with Gasteiger partial charge in [-0.3, -0.25) is 0 Å². The molecule has 0 aliphatic rings. The summed E-state index contributed by atoms with van der Waals surface area (Å²) < 4.78 is 26.2. The molecule has 15 heavy (non-hydrogen) atoms. The van der Waals surface area contributed by atoms with Crippen LogP contribution in [0.25, 0.3) is 0 Å². The monoisotopic (exact) mass is 210 g/mol. The molecule has 0 radical (unpaired) electrons. The minimum atomic E-state index is -0.377. The summed E-state index contributed by atoms with van der Waals surface area (Å²) in [6.45, 7) is 3.95. The molecule has 0 nitrogen and oxygen atoms in total. The lowest BCUT2D eigenvalue weighted by atomic mass is 9.97. The van der Waals surface area contributed by atoms with Crippen molar-refractivity contribution in [1.82, 2.24) is 0 Å². The summed E-state index contributed by atoms with van der Waals surface area (Å²) in [5, 5.41) is 0. The van der Waals surface area contributed by atoms with Gasteiger partial charge in [-0.1, -0.05) is 26.0 Å². The number of benzene rings is 1. The third kappa shape index (κ3) is 3.46. The lowest BCUT2D eigenvalue weighted by molar-refractivity contribution is 0.569. The second-order valence-corrected chi connectivity index (χ2v) is 3.68. The van der Waals surface area contributed by atoms with Crippen LogP contribution in [0.5, 0.6) is 0 Å². The van der Waals surface area contributed by atoms with E-state index in [9.17, 15) is 8.78 Å². The molecule has 1 unspecified atom stereocenters. The number of hydrogen-bond donors (Lipinski definition) is 0. The van der Waals surface area contributed by atoms with Crippen LogP contribution in [-0.4, -0.2) is 0 Å². The number of hydrogen-bond acceptors (Lipinski definition) is 0. The van der Waals surface area contributed by atoms with Crippen molar-refractivity contribution in [2.75, 3.05) is 0 Å². The summed E-state index contributed by atoms with van der Waals surface area (Å²) in [7, 11) is 0. The number of rotatable bonds is 4. The Morgan fingerprint density at radius 3 is 2.67 bits per heavy atom. The first-order chi connectivity index (χ1) is 7.15. The van der Waals surface area contributed by atoms with Gasteiger partial charge in [-0.05, 0) is 42.5 Å². The molecule has 0 aromatic heterocycles. The van der Waals surface area contributed by atoms with Crippen LogP contribution in [0, 0.1) is 11.6 Å². The van der Waals surface area contributed by atoms with Crippen molar-refractivity contribution in [3.63, 3.8) is 0 Å². The van der Waals surface area contributed by atoms with Crippen molar-refractivity contribution in [2.24, 2.45) is 0 Å². The van der Waals surface area contributed by atoms with Gasteiger partial charge in [0, 0.05) is 0 Å². The maximum atomic E-state index is 13.3.